The highest BCUT2D eigenvalue weighted by Crippen LogP contribution is 2.27. The summed E-state index contributed by atoms with van der Waals surface area (Å²) in [4.78, 5) is -0.588. The molecule has 0 fully saturated rings. The first-order chi connectivity index (χ1) is 6.86. The van der Waals surface area contributed by atoms with Crippen molar-refractivity contribution in [2.24, 2.45) is 0 Å². The molecule has 15 heavy (non-hydrogen) atoms. The fraction of sp³-hybridized carbons (Fsp3) is 0.250. The summed E-state index contributed by atoms with van der Waals surface area (Å²) >= 11 is 5.57. The van der Waals surface area contributed by atoms with E-state index in [1.165, 1.54) is 13.2 Å². The Morgan fingerprint density at radius 3 is 2.53 bits per heavy atom. The fourth-order valence-electron chi connectivity index (χ4n) is 1.15. The third-order valence-corrected chi connectivity index (χ3v) is 3.25. The van der Waals surface area contributed by atoms with E-state index in [0.29, 0.717) is 0 Å². The van der Waals surface area contributed by atoms with Gasteiger partial charge in [0.2, 0.25) is 0 Å². The Morgan fingerprint density at radius 2 is 2.07 bits per heavy atom. The SMILES string of the molecule is COCc1cc(Cl)cc(F)c1S(=O)(=O)Cl. The standard InChI is InChI=1S/C8H7Cl2FO3S/c1-14-4-5-2-6(9)3-7(11)8(5)15(10,12)13/h2-3H,4H2,1H3. The summed E-state index contributed by atoms with van der Waals surface area (Å²) in [6.07, 6.45) is 0. The molecule has 0 aliphatic carbocycles. The molecule has 7 heteroatoms. The van der Waals surface area contributed by atoms with Crippen LogP contribution in [-0.2, 0) is 20.4 Å². The summed E-state index contributed by atoms with van der Waals surface area (Å²) in [7, 11) is 2.30. The van der Waals surface area contributed by atoms with E-state index in [4.69, 9.17) is 27.0 Å². The van der Waals surface area contributed by atoms with E-state index < -0.39 is 19.8 Å². The molecule has 0 atom stereocenters. The van der Waals surface area contributed by atoms with Gasteiger partial charge in [0.05, 0.1) is 6.61 Å². The van der Waals surface area contributed by atoms with Crippen molar-refractivity contribution in [2.45, 2.75) is 11.5 Å². The van der Waals surface area contributed by atoms with Crippen LogP contribution in [0.5, 0.6) is 0 Å². The summed E-state index contributed by atoms with van der Waals surface area (Å²) in [6, 6.07) is 2.18. The van der Waals surface area contributed by atoms with Crippen molar-refractivity contribution in [3.63, 3.8) is 0 Å². The molecular formula is C8H7Cl2FO3S. The van der Waals surface area contributed by atoms with Crippen molar-refractivity contribution in [1.82, 2.24) is 0 Å². The van der Waals surface area contributed by atoms with Gasteiger partial charge in [-0.1, -0.05) is 11.6 Å². The molecule has 1 aromatic carbocycles. The van der Waals surface area contributed by atoms with Crippen molar-refractivity contribution in [1.29, 1.82) is 0 Å². The van der Waals surface area contributed by atoms with Crippen LogP contribution in [0.4, 0.5) is 4.39 Å². The van der Waals surface area contributed by atoms with Gasteiger partial charge in [-0.2, -0.15) is 0 Å². The molecule has 0 aliphatic heterocycles. The number of halogens is 3. The van der Waals surface area contributed by atoms with Crippen LogP contribution < -0.4 is 0 Å². The summed E-state index contributed by atoms with van der Waals surface area (Å²) in [5.41, 5.74) is 0.0949. The molecule has 0 saturated carbocycles. The van der Waals surface area contributed by atoms with Crippen LogP contribution in [0.15, 0.2) is 17.0 Å². The largest absolute Gasteiger partial charge is 0.380 e. The zero-order valence-corrected chi connectivity index (χ0v) is 9.96. The Labute approximate surface area is 96.2 Å². The van der Waals surface area contributed by atoms with Crippen LogP contribution in [0.2, 0.25) is 5.02 Å². The zero-order chi connectivity index (χ0) is 11.6. The first kappa shape index (κ1) is 12.7. The fourth-order valence-corrected chi connectivity index (χ4v) is 2.62. The van der Waals surface area contributed by atoms with Crippen molar-refractivity contribution < 1.29 is 17.5 Å². The number of benzene rings is 1. The summed E-state index contributed by atoms with van der Waals surface area (Å²) in [5.74, 6) is -0.982. The molecule has 0 saturated heterocycles. The van der Waals surface area contributed by atoms with Crippen molar-refractivity contribution in [2.75, 3.05) is 7.11 Å². The minimum Gasteiger partial charge on any atom is -0.380 e. The molecule has 0 aromatic heterocycles. The van der Waals surface area contributed by atoms with Crippen molar-refractivity contribution in [3.8, 4) is 0 Å². The molecule has 0 heterocycles. The second kappa shape index (κ2) is 4.65. The lowest BCUT2D eigenvalue weighted by atomic mass is 10.2. The van der Waals surface area contributed by atoms with E-state index in [-0.39, 0.29) is 17.2 Å². The normalized spacial score (nSPS) is 11.7. The number of hydrogen-bond acceptors (Lipinski definition) is 3. The van der Waals surface area contributed by atoms with Crippen molar-refractivity contribution in [3.05, 3.63) is 28.5 Å². The van der Waals surface area contributed by atoms with Gasteiger partial charge in [-0.3, -0.25) is 0 Å². The second-order valence-electron chi connectivity index (χ2n) is 2.75. The van der Waals surface area contributed by atoms with Gasteiger partial charge in [-0.25, -0.2) is 12.8 Å². The van der Waals surface area contributed by atoms with E-state index in [9.17, 15) is 12.8 Å². The lowest BCUT2D eigenvalue weighted by molar-refractivity contribution is 0.182. The number of ether oxygens (including phenoxy) is 1. The van der Waals surface area contributed by atoms with Crippen LogP contribution >= 0.6 is 22.3 Å². The third kappa shape index (κ3) is 3.04. The van der Waals surface area contributed by atoms with Crippen molar-refractivity contribution >= 4 is 31.3 Å². The van der Waals surface area contributed by atoms with Gasteiger partial charge >= 0.3 is 0 Å². The Hall–Kier alpha value is -0.360. The second-order valence-corrected chi connectivity index (χ2v) is 5.69. The van der Waals surface area contributed by atoms with E-state index in [2.05, 4.69) is 0 Å². The molecule has 84 valence electrons. The highest BCUT2D eigenvalue weighted by molar-refractivity contribution is 8.13. The monoisotopic (exact) mass is 272 g/mol. The Balaban J connectivity index is 3.47. The molecular weight excluding hydrogens is 266 g/mol. The van der Waals surface area contributed by atoms with Crippen LogP contribution in [0.1, 0.15) is 5.56 Å². The molecule has 0 aliphatic rings. The van der Waals surface area contributed by atoms with Crippen LogP contribution in [0, 0.1) is 5.82 Å². The number of methoxy groups -OCH3 is 1. The average Bonchev–Trinajstić information content (AvgIpc) is 1.99. The summed E-state index contributed by atoms with van der Waals surface area (Å²) < 4.78 is 40.2. The van der Waals surface area contributed by atoms with Gasteiger partial charge in [-0.15, -0.1) is 0 Å². The topological polar surface area (TPSA) is 43.4 Å². The van der Waals surface area contributed by atoms with Gasteiger partial charge < -0.3 is 4.74 Å². The van der Waals surface area contributed by atoms with E-state index >= 15 is 0 Å². The Morgan fingerprint density at radius 1 is 1.47 bits per heavy atom. The molecule has 3 nitrogen and oxygen atoms in total. The third-order valence-electron chi connectivity index (χ3n) is 1.63. The molecule has 0 radical (unpaired) electrons. The highest BCUT2D eigenvalue weighted by atomic mass is 35.7. The predicted molar refractivity (Wildman–Crippen MR) is 55.2 cm³/mol. The van der Waals surface area contributed by atoms with E-state index in [0.717, 1.165) is 6.07 Å². The average molecular weight is 273 g/mol. The maximum atomic E-state index is 13.3. The van der Waals surface area contributed by atoms with E-state index in [1.54, 1.807) is 0 Å². The van der Waals surface area contributed by atoms with Crippen LogP contribution in [0.3, 0.4) is 0 Å². The Kier molecular flexibility index (Phi) is 3.94. The lowest BCUT2D eigenvalue weighted by Crippen LogP contribution is -2.03. The maximum Gasteiger partial charge on any atom is 0.264 e. The highest BCUT2D eigenvalue weighted by Gasteiger charge is 2.21. The van der Waals surface area contributed by atoms with Gasteiger partial charge in [0.1, 0.15) is 10.7 Å². The molecule has 0 spiro atoms. The molecule has 0 N–H and O–H groups in total. The maximum absolute atomic E-state index is 13.3. The first-order valence-electron chi connectivity index (χ1n) is 3.77. The molecule has 0 amide bonds. The Bertz CT molecular complexity index is 473. The van der Waals surface area contributed by atoms with Gasteiger partial charge in [0.25, 0.3) is 9.05 Å². The summed E-state index contributed by atoms with van der Waals surface area (Å²) in [6.45, 7) is -0.0846. The molecule has 1 rings (SSSR count). The van der Waals surface area contributed by atoms with E-state index in [1.807, 2.05) is 0 Å². The van der Waals surface area contributed by atoms with Gasteiger partial charge in [0.15, 0.2) is 0 Å². The number of rotatable bonds is 3. The smallest absolute Gasteiger partial charge is 0.264 e. The minimum atomic E-state index is -4.14. The predicted octanol–water partition coefficient (Wildman–Crippen LogP) is 2.55. The lowest BCUT2D eigenvalue weighted by Gasteiger charge is -2.07. The van der Waals surface area contributed by atoms with Gasteiger partial charge in [0, 0.05) is 28.4 Å². The van der Waals surface area contributed by atoms with Crippen LogP contribution in [-0.4, -0.2) is 15.5 Å². The summed E-state index contributed by atoms with van der Waals surface area (Å²) in [5, 5.41) is 0.0867. The quantitative estimate of drug-likeness (QED) is 0.795. The zero-order valence-electron chi connectivity index (χ0n) is 7.63. The minimum absolute atomic E-state index is 0.0846. The molecule has 0 bridgehead atoms. The number of hydrogen-bond donors (Lipinski definition) is 0. The molecule has 1 aromatic rings. The first-order valence-corrected chi connectivity index (χ1v) is 6.46. The van der Waals surface area contributed by atoms with Crippen LogP contribution in [0.25, 0.3) is 0 Å². The van der Waals surface area contributed by atoms with Gasteiger partial charge in [-0.05, 0) is 12.1 Å². The molecule has 0 unspecified atom stereocenters.